The second kappa shape index (κ2) is 7.91. The summed E-state index contributed by atoms with van der Waals surface area (Å²) in [5.41, 5.74) is 0.415. The molecule has 0 N–H and O–H groups in total. The lowest BCUT2D eigenvalue weighted by Gasteiger charge is -2.33. The number of methoxy groups -OCH3 is 2. The van der Waals surface area contributed by atoms with Gasteiger partial charge >= 0.3 is 11.9 Å². The lowest BCUT2D eigenvalue weighted by Crippen LogP contribution is -2.44. The summed E-state index contributed by atoms with van der Waals surface area (Å²) in [5, 5.41) is 0. The van der Waals surface area contributed by atoms with Crippen molar-refractivity contribution in [2.45, 2.75) is 38.9 Å². The van der Waals surface area contributed by atoms with Gasteiger partial charge in [0.25, 0.3) is 5.79 Å². The van der Waals surface area contributed by atoms with Gasteiger partial charge < -0.3 is 18.9 Å². The number of unbranched alkanes of at least 4 members (excludes halogenated alkanes) is 1. The van der Waals surface area contributed by atoms with Crippen molar-refractivity contribution in [3.05, 3.63) is 27.7 Å². The summed E-state index contributed by atoms with van der Waals surface area (Å²) in [6.07, 6.45) is 3.58. The Labute approximate surface area is 155 Å². The van der Waals surface area contributed by atoms with Crippen LogP contribution in [-0.2, 0) is 19.1 Å². The Hall–Kier alpha value is -2.02. The van der Waals surface area contributed by atoms with Crippen LogP contribution in [0.15, 0.2) is 22.2 Å². The molecule has 1 heterocycles. The predicted octanol–water partition coefficient (Wildman–Crippen LogP) is 3.86. The van der Waals surface area contributed by atoms with Crippen LogP contribution in [0, 0.1) is 0 Å². The molecular formula is C18H21BrO6. The van der Waals surface area contributed by atoms with Crippen molar-refractivity contribution in [2.24, 2.45) is 0 Å². The molecule has 136 valence electrons. The Morgan fingerprint density at radius 2 is 1.80 bits per heavy atom. The molecule has 0 aliphatic carbocycles. The van der Waals surface area contributed by atoms with Crippen molar-refractivity contribution in [3.63, 3.8) is 0 Å². The van der Waals surface area contributed by atoms with Crippen molar-refractivity contribution < 1.29 is 28.5 Å². The molecule has 0 amide bonds. The maximum atomic E-state index is 12.3. The van der Waals surface area contributed by atoms with Crippen LogP contribution in [0.25, 0.3) is 6.08 Å². The largest absolute Gasteiger partial charge is 0.493 e. The first-order valence-electron chi connectivity index (χ1n) is 7.93. The topological polar surface area (TPSA) is 71.1 Å². The van der Waals surface area contributed by atoms with Gasteiger partial charge in [-0.1, -0.05) is 13.3 Å². The molecule has 25 heavy (non-hydrogen) atoms. The van der Waals surface area contributed by atoms with E-state index in [1.807, 2.05) is 6.92 Å². The lowest BCUT2D eigenvalue weighted by molar-refractivity contribution is -0.230. The number of hydrogen-bond acceptors (Lipinski definition) is 6. The molecule has 1 aliphatic heterocycles. The average molecular weight is 413 g/mol. The van der Waals surface area contributed by atoms with Crippen LogP contribution in [-0.4, -0.2) is 31.9 Å². The maximum Gasteiger partial charge on any atom is 0.348 e. The van der Waals surface area contributed by atoms with Gasteiger partial charge in [0.05, 0.1) is 18.7 Å². The van der Waals surface area contributed by atoms with Gasteiger partial charge in [0.1, 0.15) is 5.57 Å². The van der Waals surface area contributed by atoms with Crippen molar-refractivity contribution in [2.75, 3.05) is 14.2 Å². The maximum absolute atomic E-state index is 12.3. The van der Waals surface area contributed by atoms with Gasteiger partial charge in [-0.3, -0.25) is 0 Å². The highest BCUT2D eigenvalue weighted by Gasteiger charge is 2.41. The fourth-order valence-corrected chi connectivity index (χ4v) is 3.13. The van der Waals surface area contributed by atoms with E-state index in [-0.39, 0.29) is 5.57 Å². The van der Waals surface area contributed by atoms with Crippen molar-refractivity contribution in [1.82, 2.24) is 0 Å². The zero-order valence-electron chi connectivity index (χ0n) is 14.7. The van der Waals surface area contributed by atoms with E-state index in [4.69, 9.17) is 18.9 Å². The van der Waals surface area contributed by atoms with E-state index in [0.717, 1.165) is 12.8 Å². The summed E-state index contributed by atoms with van der Waals surface area (Å²) < 4.78 is 21.8. The van der Waals surface area contributed by atoms with Crippen LogP contribution in [0.1, 0.15) is 38.7 Å². The van der Waals surface area contributed by atoms with E-state index >= 15 is 0 Å². The number of esters is 2. The molecule has 0 atom stereocenters. The zero-order chi connectivity index (χ0) is 18.6. The van der Waals surface area contributed by atoms with Crippen LogP contribution in [0.2, 0.25) is 0 Å². The molecule has 1 aromatic rings. The van der Waals surface area contributed by atoms with E-state index < -0.39 is 17.7 Å². The van der Waals surface area contributed by atoms with Gasteiger partial charge in [0, 0.05) is 13.3 Å². The fourth-order valence-electron chi connectivity index (χ4n) is 2.51. The molecule has 2 rings (SSSR count). The summed E-state index contributed by atoms with van der Waals surface area (Å²) in [4.78, 5) is 24.6. The van der Waals surface area contributed by atoms with Gasteiger partial charge in [-0.25, -0.2) is 9.59 Å². The first kappa shape index (κ1) is 19.3. The Morgan fingerprint density at radius 1 is 1.16 bits per heavy atom. The van der Waals surface area contributed by atoms with E-state index in [2.05, 4.69) is 15.9 Å². The number of carbonyl (C=O) groups is 2. The first-order chi connectivity index (χ1) is 11.8. The summed E-state index contributed by atoms with van der Waals surface area (Å²) in [6.45, 7) is 3.61. The van der Waals surface area contributed by atoms with Crippen LogP contribution in [0.4, 0.5) is 0 Å². The average Bonchev–Trinajstić information content (AvgIpc) is 2.55. The molecule has 0 spiro atoms. The van der Waals surface area contributed by atoms with Crippen molar-refractivity contribution in [3.8, 4) is 11.5 Å². The number of benzene rings is 1. The minimum absolute atomic E-state index is 0.159. The van der Waals surface area contributed by atoms with Gasteiger partial charge in [0.2, 0.25) is 0 Å². The Bertz CT molecular complexity index is 690. The molecule has 0 aromatic heterocycles. The fraction of sp³-hybridized carbons (Fsp3) is 0.444. The van der Waals surface area contributed by atoms with Crippen LogP contribution < -0.4 is 9.47 Å². The number of carbonyl (C=O) groups excluding carboxylic acids is 2. The van der Waals surface area contributed by atoms with Crippen molar-refractivity contribution >= 4 is 33.9 Å². The standard InChI is InChI=1S/C18H21BrO6/c1-5-6-7-18(2)24-16(20)12(17(21)25-18)8-11-9-13(19)15(23-4)14(10-11)22-3/h8-10H,5-7H2,1-4H3. The van der Waals surface area contributed by atoms with Crippen LogP contribution in [0.3, 0.4) is 0 Å². The summed E-state index contributed by atoms with van der Waals surface area (Å²) in [6, 6.07) is 3.36. The molecule has 1 fully saturated rings. The molecule has 6 nitrogen and oxygen atoms in total. The number of ether oxygens (including phenoxy) is 4. The molecule has 0 radical (unpaired) electrons. The second-order valence-electron chi connectivity index (χ2n) is 5.81. The SMILES string of the molecule is CCCCC1(C)OC(=O)C(=Cc2cc(Br)c(OC)c(OC)c2)C(=O)O1. The van der Waals surface area contributed by atoms with Crippen LogP contribution >= 0.6 is 15.9 Å². The number of halogens is 1. The number of rotatable bonds is 6. The summed E-state index contributed by atoms with van der Waals surface area (Å²) in [5.74, 6) is -1.61. The predicted molar refractivity (Wildman–Crippen MR) is 95.3 cm³/mol. The molecule has 0 bridgehead atoms. The van der Waals surface area contributed by atoms with E-state index in [1.54, 1.807) is 19.1 Å². The summed E-state index contributed by atoms with van der Waals surface area (Å²) in [7, 11) is 3.03. The minimum atomic E-state index is -1.21. The molecular weight excluding hydrogens is 392 g/mol. The van der Waals surface area contributed by atoms with Crippen molar-refractivity contribution in [1.29, 1.82) is 0 Å². The van der Waals surface area contributed by atoms with E-state index in [0.29, 0.717) is 28.0 Å². The molecule has 1 aliphatic rings. The van der Waals surface area contributed by atoms with Gasteiger partial charge in [0.15, 0.2) is 11.5 Å². The Balaban J connectivity index is 2.32. The van der Waals surface area contributed by atoms with Crippen LogP contribution in [0.5, 0.6) is 11.5 Å². The Kier molecular flexibility index (Phi) is 6.11. The highest BCUT2D eigenvalue weighted by atomic mass is 79.9. The highest BCUT2D eigenvalue weighted by Crippen LogP contribution is 2.37. The molecule has 0 saturated carbocycles. The summed E-state index contributed by atoms with van der Waals surface area (Å²) >= 11 is 3.37. The third-order valence-corrected chi connectivity index (χ3v) is 4.40. The minimum Gasteiger partial charge on any atom is -0.493 e. The van der Waals surface area contributed by atoms with E-state index in [1.165, 1.54) is 20.3 Å². The quantitative estimate of drug-likeness (QED) is 0.401. The van der Waals surface area contributed by atoms with Gasteiger partial charge in [-0.2, -0.15) is 0 Å². The normalized spacial score (nSPS) is 20.0. The third-order valence-electron chi connectivity index (χ3n) is 3.81. The number of hydrogen-bond donors (Lipinski definition) is 0. The third kappa shape index (κ3) is 4.34. The first-order valence-corrected chi connectivity index (χ1v) is 8.72. The molecule has 1 saturated heterocycles. The molecule has 1 aromatic carbocycles. The highest BCUT2D eigenvalue weighted by molar-refractivity contribution is 9.10. The molecule has 0 unspecified atom stereocenters. The smallest absolute Gasteiger partial charge is 0.348 e. The molecule has 7 heteroatoms. The number of cyclic esters (lactones) is 2. The van der Waals surface area contributed by atoms with E-state index in [9.17, 15) is 9.59 Å². The zero-order valence-corrected chi connectivity index (χ0v) is 16.3. The van der Waals surface area contributed by atoms with Gasteiger partial charge in [-0.05, 0) is 46.1 Å². The second-order valence-corrected chi connectivity index (χ2v) is 6.67. The monoisotopic (exact) mass is 412 g/mol. The van der Waals surface area contributed by atoms with Gasteiger partial charge in [-0.15, -0.1) is 0 Å². The Morgan fingerprint density at radius 3 is 2.32 bits per heavy atom. The lowest BCUT2D eigenvalue weighted by atomic mass is 10.1.